The zero-order valence-electron chi connectivity index (χ0n) is 17.4. The monoisotopic (exact) mass is 415 g/mol. The van der Waals surface area contributed by atoms with Gasteiger partial charge < -0.3 is 16.0 Å². The van der Waals surface area contributed by atoms with Gasteiger partial charge in [-0.05, 0) is 38.1 Å². The van der Waals surface area contributed by atoms with E-state index >= 15 is 0 Å². The molecule has 0 amide bonds. The van der Waals surface area contributed by atoms with Crippen molar-refractivity contribution in [3.05, 3.63) is 59.1 Å². The molecule has 1 fully saturated rings. The van der Waals surface area contributed by atoms with E-state index in [4.69, 9.17) is 4.98 Å². The number of rotatable bonds is 5. The first-order valence-corrected chi connectivity index (χ1v) is 10.7. The largest absolute Gasteiger partial charge is 0.366 e. The van der Waals surface area contributed by atoms with E-state index in [1.807, 2.05) is 43.4 Å². The highest BCUT2D eigenvalue weighted by atomic mass is 16.1. The zero-order chi connectivity index (χ0) is 21.2. The van der Waals surface area contributed by atoms with Crippen molar-refractivity contribution in [2.24, 2.45) is 0 Å². The van der Waals surface area contributed by atoms with Crippen LogP contribution in [0.1, 0.15) is 25.7 Å². The van der Waals surface area contributed by atoms with Gasteiger partial charge in [-0.25, -0.2) is 10.1 Å². The smallest absolute Gasteiger partial charge is 0.275 e. The lowest BCUT2D eigenvalue weighted by Crippen LogP contribution is -2.44. The van der Waals surface area contributed by atoms with Crippen LogP contribution in [0.2, 0.25) is 0 Å². The Hall–Kier alpha value is -3.52. The number of anilines is 3. The number of H-pyrrole nitrogens is 1. The molecule has 4 N–H and O–H groups in total. The molecule has 2 atom stereocenters. The number of likely N-dealkylation sites (N-methyl/N-ethyl adjacent to an activating group) is 1. The molecular weight excluding hydrogens is 390 g/mol. The number of hydrogen-bond acceptors (Lipinski definition) is 7. The summed E-state index contributed by atoms with van der Waals surface area (Å²) in [5.74, 6) is 1.21. The van der Waals surface area contributed by atoms with E-state index in [1.54, 1.807) is 12.4 Å². The van der Waals surface area contributed by atoms with Crippen molar-refractivity contribution >= 4 is 39.0 Å². The molecule has 1 aliphatic carbocycles. The van der Waals surface area contributed by atoms with Gasteiger partial charge in [-0.2, -0.15) is 5.10 Å². The molecule has 3 aromatic heterocycles. The Morgan fingerprint density at radius 3 is 2.77 bits per heavy atom. The summed E-state index contributed by atoms with van der Waals surface area (Å²) in [6.07, 6.45) is 8.05. The molecular formula is C23H25N7O. The first kappa shape index (κ1) is 19.4. The van der Waals surface area contributed by atoms with Crippen LogP contribution in [0.25, 0.3) is 21.7 Å². The predicted octanol–water partition coefficient (Wildman–Crippen LogP) is 3.55. The van der Waals surface area contributed by atoms with Gasteiger partial charge in [0.1, 0.15) is 11.6 Å². The summed E-state index contributed by atoms with van der Waals surface area (Å²) in [7, 11) is 2.00. The third-order valence-corrected chi connectivity index (χ3v) is 6.00. The molecule has 4 aromatic rings. The number of aromatic amines is 1. The van der Waals surface area contributed by atoms with Crippen molar-refractivity contribution in [2.45, 2.75) is 37.8 Å². The first-order valence-electron chi connectivity index (χ1n) is 10.7. The molecule has 31 heavy (non-hydrogen) atoms. The standard InChI is InChI=1S/C23H25N7O/c1-24-16-8-2-3-9-17(16)27-19-12-15-13-26-30-23(31)20(15)22(29-19)28-18-10-4-6-14-7-5-11-25-21(14)18/h4-7,10-13,16-17,24H,2-3,8-9H2,1H3,(H,30,31)(H2,27,28,29). The third kappa shape index (κ3) is 3.82. The fourth-order valence-corrected chi connectivity index (χ4v) is 4.46. The molecule has 5 rings (SSSR count). The van der Waals surface area contributed by atoms with Gasteiger partial charge in [-0.3, -0.25) is 9.78 Å². The fraction of sp³-hybridized carbons (Fsp3) is 0.304. The summed E-state index contributed by atoms with van der Waals surface area (Å²) in [4.78, 5) is 21.9. The number of pyridine rings is 2. The third-order valence-electron chi connectivity index (χ3n) is 6.00. The van der Waals surface area contributed by atoms with Gasteiger partial charge >= 0.3 is 0 Å². The van der Waals surface area contributed by atoms with Gasteiger partial charge in [-0.15, -0.1) is 0 Å². The SMILES string of the molecule is CNC1CCCCC1Nc1cc2cn[nH]c(=O)c2c(Nc2cccc3cccnc23)n1. The second kappa shape index (κ2) is 8.31. The number of aromatic nitrogens is 4. The van der Waals surface area contributed by atoms with Crippen LogP contribution in [0, 0.1) is 0 Å². The van der Waals surface area contributed by atoms with E-state index in [0.29, 0.717) is 17.2 Å². The molecule has 8 heteroatoms. The molecule has 0 bridgehead atoms. The van der Waals surface area contributed by atoms with Gasteiger partial charge in [0.2, 0.25) is 0 Å². The number of fused-ring (bicyclic) bond motifs is 2. The van der Waals surface area contributed by atoms with Crippen LogP contribution in [0.5, 0.6) is 0 Å². The van der Waals surface area contributed by atoms with E-state index in [9.17, 15) is 4.79 Å². The van der Waals surface area contributed by atoms with Crippen molar-refractivity contribution in [3.8, 4) is 0 Å². The second-order valence-electron chi connectivity index (χ2n) is 7.96. The molecule has 8 nitrogen and oxygen atoms in total. The molecule has 1 aromatic carbocycles. The van der Waals surface area contributed by atoms with Gasteiger partial charge in [0.15, 0.2) is 0 Å². The molecule has 3 heterocycles. The fourth-order valence-electron chi connectivity index (χ4n) is 4.46. The first-order chi connectivity index (χ1) is 15.2. The van der Waals surface area contributed by atoms with Gasteiger partial charge in [-0.1, -0.05) is 31.0 Å². The number of benzene rings is 1. The van der Waals surface area contributed by atoms with Gasteiger partial charge in [0, 0.05) is 29.1 Å². The minimum atomic E-state index is -0.280. The topological polar surface area (TPSA) is 108 Å². The maximum atomic E-state index is 12.6. The summed E-state index contributed by atoms with van der Waals surface area (Å²) < 4.78 is 0. The predicted molar refractivity (Wildman–Crippen MR) is 124 cm³/mol. The van der Waals surface area contributed by atoms with E-state index in [-0.39, 0.29) is 11.6 Å². The highest BCUT2D eigenvalue weighted by Gasteiger charge is 2.24. The lowest BCUT2D eigenvalue weighted by molar-refractivity contribution is 0.361. The average molecular weight is 416 g/mol. The molecule has 0 saturated heterocycles. The molecule has 0 aliphatic heterocycles. The highest BCUT2D eigenvalue weighted by Crippen LogP contribution is 2.29. The lowest BCUT2D eigenvalue weighted by atomic mass is 9.90. The Balaban J connectivity index is 1.58. The van der Waals surface area contributed by atoms with Crippen LogP contribution in [-0.4, -0.2) is 39.3 Å². The normalized spacial score (nSPS) is 18.9. The van der Waals surface area contributed by atoms with E-state index in [2.05, 4.69) is 31.1 Å². The maximum absolute atomic E-state index is 12.6. The second-order valence-corrected chi connectivity index (χ2v) is 7.96. The molecule has 158 valence electrons. The molecule has 2 unspecified atom stereocenters. The Labute approximate surface area is 179 Å². The van der Waals surface area contributed by atoms with Crippen molar-refractivity contribution in [2.75, 3.05) is 17.7 Å². The van der Waals surface area contributed by atoms with Crippen molar-refractivity contribution in [3.63, 3.8) is 0 Å². The minimum Gasteiger partial charge on any atom is -0.366 e. The summed E-state index contributed by atoms with van der Waals surface area (Å²) in [5.41, 5.74) is 1.34. The van der Waals surface area contributed by atoms with Gasteiger partial charge in [0.05, 0.1) is 22.8 Å². The average Bonchev–Trinajstić information content (AvgIpc) is 2.80. The molecule has 1 aliphatic rings. The molecule has 1 saturated carbocycles. The Morgan fingerprint density at radius 2 is 1.90 bits per heavy atom. The minimum absolute atomic E-state index is 0.280. The Morgan fingerprint density at radius 1 is 1.06 bits per heavy atom. The Bertz CT molecular complexity index is 1280. The maximum Gasteiger partial charge on any atom is 0.275 e. The number of nitrogens with zero attached hydrogens (tertiary/aromatic N) is 3. The number of nitrogens with one attached hydrogen (secondary N) is 4. The van der Waals surface area contributed by atoms with Crippen LogP contribution in [0.4, 0.5) is 17.3 Å². The summed E-state index contributed by atoms with van der Waals surface area (Å²) in [6, 6.07) is 12.4. The van der Waals surface area contributed by atoms with Crippen LogP contribution < -0.4 is 21.5 Å². The van der Waals surface area contributed by atoms with Crippen molar-refractivity contribution in [1.29, 1.82) is 0 Å². The quantitative estimate of drug-likeness (QED) is 0.395. The van der Waals surface area contributed by atoms with Crippen LogP contribution >= 0.6 is 0 Å². The van der Waals surface area contributed by atoms with E-state index in [0.717, 1.165) is 40.6 Å². The number of hydrogen-bond donors (Lipinski definition) is 4. The number of para-hydroxylation sites is 1. The van der Waals surface area contributed by atoms with E-state index < -0.39 is 0 Å². The van der Waals surface area contributed by atoms with Gasteiger partial charge in [0.25, 0.3) is 5.56 Å². The lowest BCUT2D eigenvalue weighted by Gasteiger charge is -2.32. The summed E-state index contributed by atoms with van der Waals surface area (Å²) in [6.45, 7) is 0. The van der Waals surface area contributed by atoms with Crippen molar-refractivity contribution in [1.82, 2.24) is 25.5 Å². The van der Waals surface area contributed by atoms with Crippen LogP contribution in [0.15, 0.2) is 53.6 Å². The Kier molecular flexibility index (Phi) is 5.21. The highest BCUT2D eigenvalue weighted by molar-refractivity contribution is 5.98. The zero-order valence-corrected chi connectivity index (χ0v) is 17.4. The molecule has 0 radical (unpaired) electrons. The molecule has 0 spiro atoms. The van der Waals surface area contributed by atoms with Crippen LogP contribution in [0.3, 0.4) is 0 Å². The van der Waals surface area contributed by atoms with Crippen LogP contribution in [-0.2, 0) is 0 Å². The van der Waals surface area contributed by atoms with E-state index in [1.165, 1.54) is 12.8 Å². The van der Waals surface area contributed by atoms with Crippen molar-refractivity contribution < 1.29 is 0 Å². The summed E-state index contributed by atoms with van der Waals surface area (Å²) >= 11 is 0. The summed E-state index contributed by atoms with van der Waals surface area (Å²) in [5, 5.41) is 19.1.